The molecular weight excluding hydrogens is 148 g/mol. The van der Waals surface area contributed by atoms with E-state index >= 15 is 0 Å². The molecule has 0 aromatic heterocycles. The van der Waals surface area contributed by atoms with E-state index in [1.165, 1.54) is 0 Å². The largest absolute Gasteiger partial charge is 0.285 e. The summed E-state index contributed by atoms with van der Waals surface area (Å²) in [6, 6.07) is 3.02. The van der Waals surface area contributed by atoms with E-state index in [0.29, 0.717) is 6.04 Å². The van der Waals surface area contributed by atoms with Crippen LogP contribution in [-0.4, -0.2) is 23.5 Å². The van der Waals surface area contributed by atoms with Crippen molar-refractivity contribution < 1.29 is 0 Å². The van der Waals surface area contributed by atoms with Gasteiger partial charge in [-0.3, -0.25) is 4.90 Å². The molecule has 0 aliphatic carbocycles. The molecule has 1 aliphatic heterocycles. The number of rotatable bonds is 1. The van der Waals surface area contributed by atoms with Gasteiger partial charge in [0.15, 0.2) is 0 Å². The average Bonchev–Trinajstić information content (AvgIpc) is 2.24. The van der Waals surface area contributed by atoms with Crippen LogP contribution in [0.5, 0.6) is 0 Å². The molecule has 0 spiro atoms. The van der Waals surface area contributed by atoms with Crippen LogP contribution in [0.2, 0.25) is 0 Å². The summed E-state index contributed by atoms with van der Waals surface area (Å²) >= 11 is 0. The van der Waals surface area contributed by atoms with Gasteiger partial charge in [0.25, 0.3) is 0 Å². The number of hydrogen-bond acceptors (Lipinski definition) is 2. The Morgan fingerprint density at radius 3 is 2.42 bits per heavy atom. The van der Waals surface area contributed by atoms with E-state index in [0.717, 1.165) is 13.0 Å². The summed E-state index contributed by atoms with van der Waals surface area (Å²) in [5, 5.41) is 9.03. The lowest BCUT2D eigenvalue weighted by Gasteiger charge is -2.29. The summed E-state index contributed by atoms with van der Waals surface area (Å²) in [7, 11) is 0. The summed E-state index contributed by atoms with van der Waals surface area (Å²) in [4.78, 5) is 2.29. The lowest BCUT2D eigenvalue weighted by Crippen LogP contribution is -2.39. The highest BCUT2D eigenvalue weighted by Gasteiger charge is 2.41. The van der Waals surface area contributed by atoms with Crippen LogP contribution in [-0.2, 0) is 0 Å². The molecule has 1 rings (SSSR count). The second-order valence-corrected chi connectivity index (χ2v) is 4.60. The van der Waals surface area contributed by atoms with E-state index in [2.05, 4.69) is 38.7 Å². The number of nitriles is 1. The molecular formula is C10H18N2. The molecule has 1 saturated heterocycles. The van der Waals surface area contributed by atoms with E-state index in [1.54, 1.807) is 0 Å². The molecule has 0 aromatic carbocycles. The van der Waals surface area contributed by atoms with Crippen LogP contribution in [0, 0.1) is 16.7 Å². The third-order valence-corrected chi connectivity index (χ3v) is 2.87. The summed E-state index contributed by atoms with van der Waals surface area (Å²) in [6.45, 7) is 9.76. The van der Waals surface area contributed by atoms with Crippen molar-refractivity contribution in [1.82, 2.24) is 4.90 Å². The summed E-state index contributed by atoms with van der Waals surface area (Å²) in [5.74, 6) is 0. The monoisotopic (exact) mass is 166 g/mol. The van der Waals surface area contributed by atoms with Crippen LogP contribution >= 0.6 is 0 Å². The highest BCUT2D eigenvalue weighted by molar-refractivity contribution is 5.06. The van der Waals surface area contributed by atoms with Crippen LogP contribution in [0.1, 0.15) is 34.1 Å². The molecule has 0 saturated carbocycles. The molecule has 2 nitrogen and oxygen atoms in total. The molecule has 0 bridgehead atoms. The van der Waals surface area contributed by atoms with Crippen LogP contribution in [0.25, 0.3) is 0 Å². The average molecular weight is 166 g/mol. The standard InChI is InChI=1S/C10H18N2/c1-8(2)12-6-5-10(3,4)9(12)7-11/h8-9H,5-6H2,1-4H3. The fourth-order valence-electron chi connectivity index (χ4n) is 1.94. The molecule has 1 aliphatic rings. The molecule has 12 heavy (non-hydrogen) atoms. The van der Waals surface area contributed by atoms with Gasteiger partial charge in [-0.2, -0.15) is 5.26 Å². The van der Waals surface area contributed by atoms with Gasteiger partial charge >= 0.3 is 0 Å². The van der Waals surface area contributed by atoms with E-state index in [9.17, 15) is 0 Å². The Morgan fingerprint density at radius 1 is 1.50 bits per heavy atom. The highest BCUT2D eigenvalue weighted by Crippen LogP contribution is 2.36. The zero-order valence-corrected chi connectivity index (χ0v) is 8.46. The van der Waals surface area contributed by atoms with E-state index in [4.69, 9.17) is 5.26 Å². The Kier molecular flexibility index (Phi) is 2.44. The fraction of sp³-hybridized carbons (Fsp3) is 0.900. The number of hydrogen-bond donors (Lipinski definition) is 0. The predicted octanol–water partition coefficient (Wildman–Crippen LogP) is 2.02. The van der Waals surface area contributed by atoms with Crippen molar-refractivity contribution in [3.8, 4) is 6.07 Å². The van der Waals surface area contributed by atoms with Gasteiger partial charge in [0.2, 0.25) is 0 Å². The Morgan fingerprint density at radius 2 is 2.08 bits per heavy atom. The highest BCUT2D eigenvalue weighted by atomic mass is 15.2. The first kappa shape index (κ1) is 9.54. The Bertz CT molecular complexity index is 200. The molecule has 2 heteroatoms. The molecule has 0 amide bonds. The van der Waals surface area contributed by atoms with Crippen molar-refractivity contribution in [2.24, 2.45) is 5.41 Å². The van der Waals surface area contributed by atoms with Gasteiger partial charge in [0.1, 0.15) is 6.04 Å². The van der Waals surface area contributed by atoms with Crippen LogP contribution < -0.4 is 0 Å². The Balaban J connectivity index is 2.78. The zero-order valence-electron chi connectivity index (χ0n) is 8.46. The SMILES string of the molecule is CC(C)N1CCC(C)(C)C1C#N. The maximum absolute atomic E-state index is 9.03. The summed E-state index contributed by atoms with van der Waals surface area (Å²) in [6.07, 6.45) is 1.14. The van der Waals surface area contributed by atoms with Gasteiger partial charge in [-0.15, -0.1) is 0 Å². The molecule has 0 radical (unpaired) electrons. The lowest BCUT2D eigenvalue weighted by molar-refractivity contribution is 0.191. The van der Waals surface area contributed by atoms with Gasteiger partial charge in [0.05, 0.1) is 6.07 Å². The van der Waals surface area contributed by atoms with E-state index in [-0.39, 0.29) is 11.5 Å². The first-order chi connectivity index (χ1) is 5.49. The van der Waals surface area contributed by atoms with Crippen molar-refractivity contribution >= 4 is 0 Å². The third-order valence-electron chi connectivity index (χ3n) is 2.87. The minimum Gasteiger partial charge on any atom is -0.285 e. The van der Waals surface area contributed by atoms with Crippen LogP contribution in [0.3, 0.4) is 0 Å². The topological polar surface area (TPSA) is 27.0 Å². The summed E-state index contributed by atoms with van der Waals surface area (Å²) < 4.78 is 0. The molecule has 1 unspecified atom stereocenters. The van der Waals surface area contributed by atoms with Crippen molar-refractivity contribution in [1.29, 1.82) is 5.26 Å². The molecule has 0 N–H and O–H groups in total. The van der Waals surface area contributed by atoms with Gasteiger partial charge in [-0.25, -0.2) is 0 Å². The van der Waals surface area contributed by atoms with Gasteiger partial charge in [0, 0.05) is 12.6 Å². The van der Waals surface area contributed by atoms with Crippen molar-refractivity contribution in [2.75, 3.05) is 6.54 Å². The van der Waals surface area contributed by atoms with Crippen LogP contribution in [0.4, 0.5) is 0 Å². The van der Waals surface area contributed by atoms with Crippen molar-refractivity contribution in [2.45, 2.75) is 46.2 Å². The molecule has 1 heterocycles. The predicted molar refractivity (Wildman–Crippen MR) is 49.6 cm³/mol. The fourth-order valence-corrected chi connectivity index (χ4v) is 1.94. The van der Waals surface area contributed by atoms with E-state index < -0.39 is 0 Å². The number of likely N-dealkylation sites (tertiary alicyclic amines) is 1. The smallest absolute Gasteiger partial charge is 0.103 e. The molecule has 1 atom stereocenters. The van der Waals surface area contributed by atoms with E-state index in [1.807, 2.05) is 0 Å². The summed E-state index contributed by atoms with van der Waals surface area (Å²) in [5.41, 5.74) is 0.180. The van der Waals surface area contributed by atoms with Crippen LogP contribution in [0.15, 0.2) is 0 Å². The molecule has 0 aromatic rings. The number of nitrogens with zero attached hydrogens (tertiary/aromatic N) is 2. The minimum absolute atomic E-state index is 0.109. The molecule has 1 fully saturated rings. The first-order valence-electron chi connectivity index (χ1n) is 4.64. The second-order valence-electron chi connectivity index (χ2n) is 4.60. The van der Waals surface area contributed by atoms with Gasteiger partial charge in [-0.1, -0.05) is 13.8 Å². The minimum atomic E-state index is 0.109. The van der Waals surface area contributed by atoms with Gasteiger partial charge in [-0.05, 0) is 25.7 Å². The maximum Gasteiger partial charge on any atom is 0.103 e. The quantitative estimate of drug-likeness (QED) is 0.596. The maximum atomic E-state index is 9.03. The lowest BCUT2D eigenvalue weighted by atomic mass is 9.85. The zero-order chi connectivity index (χ0) is 9.35. The van der Waals surface area contributed by atoms with Crippen molar-refractivity contribution in [3.05, 3.63) is 0 Å². The Hall–Kier alpha value is -0.550. The van der Waals surface area contributed by atoms with Crippen molar-refractivity contribution in [3.63, 3.8) is 0 Å². The Labute approximate surface area is 75.2 Å². The normalized spacial score (nSPS) is 29.2. The molecule has 68 valence electrons. The first-order valence-corrected chi connectivity index (χ1v) is 4.64. The third kappa shape index (κ3) is 1.47. The van der Waals surface area contributed by atoms with Gasteiger partial charge < -0.3 is 0 Å². The second kappa shape index (κ2) is 3.06.